The number of aliphatic hydroxyl groups is 1. The average Bonchev–Trinajstić information content (AvgIpc) is 2.82. The van der Waals surface area contributed by atoms with Gasteiger partial charge in [-0.25, -0.2) is 9.59 Å². The number of esters is 1. The highest BCUT2D eigenvalue weighted by Crippen LogP contribution is 2.28. The van der Waals surface area contributed by atoms with Gasteiger partial charge in [0.1, 0.15) is 12.8 Å². The van der Waals surface area contributed by atoms with E-state index < -0.39 is 41.5 Å². The van der Waals surface area contributed by atoms with Gasteiger partial charge in [0.2, 0.25) is 5.82 Å². The molecule has 0 saturated carbocycles. The lowest BCUT2D eigenvalue weighted by atomic mass is 10.2. The molecule has 0 spiro atoms. The van der Waals surface area contributed by atoms with Crippen LogP contribution in [0.2, 0.25) is 0 Å². The van der Waals surface area contributed by atoms with Crippen molar-refractivity contribution in [3.8, 4) is 0 Å². The lowest BCUT2D eigenvalue weighted by Gasteiger charge is -2.14. The van der Waals surface area contributed by atoms with Crippen molar-refractivity contribution in [3.63, 3.8) is 0 Å². The average molecular weight is 323 g/mol. The van der Waals surface area contributed by atoms with Crippen molar-refractivity contribution < 1.29 is 23.8 Å². The lowest BCUT2D eigenvalue weighted by molar-refractivity contribution is -0.161. The Labute approximate surface area is 122 Å². The Bertz CT molecular complexity index is 644. The highest BCUT2D eigenvalue weighted by molar-refractivity contribution is 6.18. The highest BCUT2D eigenvalue weighted by Gasteiger charge is 2.41. The van der Waals surface area contributed by atoms with Gasteiger partial charge in [0.25, 0.3) is 5.56 Å². The summed E-state index contributed by atoms with van der Waals surface area (Å²) in [6.07, 6.45) is -3.09. The first-order valence-corrected chi connectivity index (χ1v) is 6.54. The number of rotatable bonds is 4. The number of ether oxygens (including phenoxy) is 2. The third-order valence-corrected chi connectivity index (χ3v) is 3.04. The molecule has 1 aliphatic heterocycles. The smallest absolute Gasteiger partial charge is 0.338 e. The van der Waals surface area contributed by atoms with Crippen molar-refractivity contribution in [2.75, 3.05) is 12.5 Å². The number of nitrogens with one attached hydrogen (secondary N) is 1. The van der Waals surface area contributed by atoms with Crippen molar-refractivity contribution >= 4 is 17.6 Å². The zero-order valence-corrected chi connectivity index (χ0v) is 11.4. The zero-order chi connectivity index (χ0) is 15.6. The van der Waals surface area contributed by atoms with Crippen LogP contribution in [0.25, 0.3) is 0 Å². The summed E-state index contributed by atoms with van der Waals surface area (Å²) in [5, 5.41) is 9.77. The van der Waals surface area contributed by atoms with Crippen LogP contribution in [0.4, 0.5) is 4.39 Å². The van der Waals surface area contributed by atoms with Crippen LogP contribution in [0.1, 0.15) is 12.6 Å². The first-order valence-electron chi connectivity index (χ1n) is 6.01. The first-order chi connectivity index (χ1) is 9.93. The molecule has 2 rings (SSSR count). The molecule has 1 aromatic rings. The Morgan fingerprint density at radius 1 is 1.62 bits per heavy atom. The van der Waals surface area contributed by atoms with Crippen LogP contribution < -0.4 is 11.2 Å². The van der Waals surface area contributed by atoms with Gasteiger partial charge in [0.15, 0.2) is 6.10 Å². The second-order valence-corrected chi connectivity index (χ2v) is 4.69. The number of aromatic nitrogens is 2. The molecule has 0 unspecified atom stereocenters. The molecule has 0 aromatic carbocycles. The number of alkyl halides is 1. The molecule has 0 radical (unpaired) electrons. The second kappa shape index (κ2) is 6.37. The topological polar surface area (TPSA) is 111 Å². The summed E-state index contributed by atoms with van der Waals surface area (Å²) in [6, 6.07) is 0. The minimum absolute atomic E-state index is 0.0507. The normalized spacial score (nSPS) is 25.0. The monoisotopic (exact) mass is 322 g/mol. The molecule has 0 amide bonds. The van der Waals surface area contributed by atoms with E-state index in [1.807, 2.05) is 0 Å². The molecule has 1 aliphatic rings. The SMILES string of the molecule is O=C(OCCCl)[C@@H]1O[C@@H](n2cc(F)c(=O)[nH]c2=O)C[C@H]1O. The molecule has 0 bridgehead atoms. The Morgan fingerprint density at radius 2 is 2.33 bits per heavy atom. The van der Waals surface area contributed by atoms with E-state index in [-0.39, 0.29) is 18.9 Å². The lowest BCUT2D eigenvalue weighted by Crippen LogP contribution is -2.35. The number of halogens is 2. The van der Waals surface area contributed by atoms with Crippen LogP contribution in [0.15, 0.2) is 15.8 Å². The molecular formula is C11H12ClFN2O6. The van der Waals surface area contributed by atoms with Crippen molar-refractivity contribution in [1.82, 2.24) is 9.55 Å². The van der Waals surface area contributed by atoms with Gasteiger partial charge in [-0.15, -0.1) is 11.6 Å². The molecule has 0 aliphatic carbocycles. The number of hydrogen-bond acceptors (Lipinski definition) is 6. The van der Waals surface area contributed by atoms with Gasteiger partial charge < -0.3 is 14.6 Å². The van der Waals surface area contributed by atoms with Crippen molar-refractivity contribution in [1.29, 1.82) is 0 Å². The Balaban J connectivity index is 2.18. The standard InChI is InChI=1S/C11H12ClFN2O6/c12-1-2-20-10(18)8-6(16)3-7(21-8)15-4-5(13)9(17)14-11(15)19/h4,6-8,16H,1-3H2,(H,14,17,19)/t6-,7-,8-/m1/s1. The fourth-order valence-electron chi connectivity index (χ4n) is 1.93. The quantitative estimate of drug-likeness (QED) is 0.549. The third kappa shape index (κ3) is 3.31. The number of aromatic amines is 1. The minimum atomic E-state index is -1.31. The Hall–Kier alpha value is -1.71. The summed E-state index contributed by atoms with van der Waals surface area (Å²) < 4.78 is 23.9. The maximum Gasteiger partial charge on any atom is 0.338 e. The van der Waals surface area contributed by atoms with Gasteiger partial charge in [0, 0.05) is 6.42 Å². The van der Waals surface area contributed by atoms with E-state index in [1.54, 1.807) is 4.98 Å². The molecule has 8 nitrogen and oxygen atoms in total. The van der Waals surface area contributed by atoms with Crippen LogP contribution in [0.3, 0.4) is 0 Å². The molecule has 2 N–H and O–H groups in total. The number of carbonyl (C=O) groups is 1. The van der Waals surface area contributed by atoms with Crippen LogP contribution in [0, 0.1) is 5.82 Å². The summed E-state index contributed by atoms with van der Waals surface area (Å²) in [6.45, 7) is -0.0507. The molecule has 10 heteroatoms. The third-order valence-electron chi connectivity index (χ3n) is 2.88. The second-order valence-electron chi connectivity index (χ2n) is 4.31. The molecule has 21 heavy (non-hydrogen) atoms. The van der Waals surface area contributed by atoms with Gasteiger partial charge in [-0.2, -0.15) is 4.39 Å². The van der Waals surface area contributed by atoms with E-state index in [0.29, 0.717) is 6.20 Å². The van der Waals surface area contributed by atoms with Crippen LogP contribution in [0.5, 0.6) is 0 Å². The molecule has 116 valence electrons. The molecule has 3 atom stereocenters. The van der Waals surface area contributed by atoms with Crippen LogP contribution >= 0.6 is 11.6 Å². The Kier molecular flexibility index (Phi) is 4.76. The predicted octanol–water partition coefficient (Wildman–Crippen LogP) is -0.894. The minimum Gasteiger partial charge on any atom is -0.462 e. The molecular weight excluding hydrogens is 311 g/mol. The number of aliphatic hydroxyl groups excluding tert-OH is 1. The van der Waals surface area contributed by atoms with E-state index >= 15 is 0 Å². The van der Waals surface area contributed by atoms with E-state index in [0.717, 1.165) is 4.57 Å². The van der Waals surface area contributed by atoms with E-state index in [4.69, 9.17) is 21.1 Å². The molecule has 2 heterocycles. The number of nitrogens with zero attached hydrogens (tertiary/aromatic N) is 1. The van der Waals surface area contributed by atoms with Gasteiger partial charge in [-0.05, 0) is 0 Å². The maximum absolute atomic E-state index is 13.2. The fraction of sp³-hybridized carbons (Fsp3) is 0.545. The van der Waals surface area contributed by atoms with E-state index in [2.05, 4.69) is 0 Å². The summed E-state index contributed by atoms with van der Waals surface area (Å²) in [7, 11) is 0. The van der Waals surface area contributed by atoms with Crippen molar-refractivity contribution in [2.24, 2.45) is 0 Å². The summed E-state index contributed by atoms with van der Waals surface area (Å²) in [5.74, 6) is -1.92. The Morgan fingerprint density at radius 3 is 3.00 bits per heavy atom. The largest absolute Gasteiger partial charge is 0.462 e. The first kappa shape index (κ1) is 15.7. The molecule has 1 fully saturated rings. The predicted molar refractivity (Wildman–Crippen MR) is 67.5 cm³/mol. The molecule has 1 aromatic heterocycles. The van der Waals surface area contributed by atoms with Crippen LogP contribution in [-0.2, 0) is 14.3 Å². The summed E-state index contributed by atoms with van der Waals surface area (Å²) in [5.41, 5.74) is -2.07. The van der Waals surface area contributed by atoms with Crippen molar-refractivity contribution in [3.05, 3.63) is 32.9 Å². The van der Waals surface area contributed by atoms with Gasteiger partial charge in [-0.1, -0.05) is 0 Å². The zero-order valence-electron chi connectivity index (χ0n) is 10.6. The van der Waals surface area contributed by atoms with Gasteiger partial charge >= 0.3 is 11.7 Å². The number of H-pyrrole nitrogens is 1. The maximum atomic E-state index is 13.2. The summed E-state index contributed by atoms with van der Waals surface area (Å²) in [4.78, 5) is 35.9. The molecule has 1 saturated heterocycles. The summed E-state index contributed by atoms with van der Waals surface area (Å²) >= 11 is 5.36. The van der Waals surface area contributed by atoms with Crippen molar-refractivity contribution in [2.45, 2.75) is 24.9 Å². The van der Waals surface area contributed by atoms with Gasteiger partial charge in [0.05, 0.1) is 18.2 Å². The van der Waals surface area contributed by atoms with E-state index in [9.17, 15) is 23.9 Å². The highest BCUT2D eigenvalue weighted by atomic mass is 35.5. The van der Waals surface area contributed by atoms with Crippen LogP contribution in [-0.4, -0.2) is 45.3 Å². The number of hydrogen-bond donors (Lipinski definition) is 2. The van der Waals surface area contributed by atoms with E-state index in [1.165, 1.54) is 0 Å². The van der Waals surface area contributed by atoms with Gasteiger partial charge in [-0.3, -0.25) is 14.3 Å². The number of carbonyl (C=O) groups excluding carboxylic acids is 1. The fourth-order valence-corrected chi connectivity index (χ4v) is 2.01.